The summed E-state index contributed by atoms with van der Waals surface area (Å²) in [6.07, 6.45) is 0.588. The van der Waals surface area contributed by atoms with Crippen LogP contribution in [-0.2, 0) is 19.2 Å². The van der Waals surface area contributed by atoms with Gasteiger partial charge < -0.3 is 42.9 Å². The second kappa shape index (κ2) is 13.1. The molecule has 0 aliphatic carbocycles. The van der Waals surface area contributed by atoms with E-state index in [1.165, 1.54) is 6.92 Å². The van der Waals surface area contributed by atoms with Gasteiger partial charge in [-0.15, -0.1) is 0 Å². The molecule has 1 saturated heterocycles. The Kier molecular flexibility index (Phi) is 11.3. The predicted molar refractivity (Wildman–Crippen MR) is 108 cm³/mol. The number of amides is 4. The average Bonchev–Trinajstić information content (AvgIpc) is 2.69. The molecule has 12 heteroatoms. The normalized spacial score (nSPS) is 29.5. The molecule has 172 valence electrons. The van der Waals surface area contributed by atoms with E-state index in [2.05, 4.69) is 21.3 Å². The molecule has 4 amide bonds. The standard InChI is InChI=1S/C18H34N6O6/c1-10(26)13-8-22-14(9-25)18(30)23-12(16(20)28)4-2-3-7-21-15(27)6-5-11(19)17(29)24-13/h10-14,22,25-26H,2-9,19H2,1H3,(H2,20,28)(H,21,27)(H,23,30)(H,24,29)/t10?,11-,12-,13+,14-/m0/s1. The lowest BCUT2D eigenvalue weighted by molar-refractivity contribution is -0.129. The minimum absolute atomic E-state index is 0.0451. The molecule has 5 atom stereocenters. The van der Waals surface area contributed by atoms with Crippen molar-refractivity contribution in [1.82, 2.24) is 21.3 Å². The first-order valence-corrected chi connectivity index (χ1v) is 10.1. The molecule has 1 rings (SSSR count). The van der Waals surface area contributed by atoms with Gasteiger partial charge in [0.15, 0.2) is 0 Å². The lowest BCUT2D eigenvalue weighted by atomic mass is 10.1. The van der Waals surface area contributed by atoms with Crippen LogP contribution in [0.2, 0.25) is 0 Å². The van der Waals surface area contributed by atoms with Gasteiger partial charge in [0.25, 0.3) is 0 Å². The van der Waals surface area contributed by atoms with Crippen molar-refractivity contribution < 1.29 is 29.4 Å². The van der Waals surface area contributed by atoms with Gasteiger partial charge in [-0.1, -0.05) is 0 Å². The van der Waals surface area contributed by atoms with Gasteiger partial charge in [-0.05, 0) is 32.6 Å². The summed E-state index contributed by atoms with van der Waals surface area (Å²) in [6, 6.07) is -3.74. The van der Waals surface area contributed by atoms with Gasteiger partial charge in [-0.25, -0.2) is 0 Å². The SMILES string of the molecule is CC(O)[C@H]1CN[C@@H](CO)C(=O)N[C@H](C(N)=O)CCCCNC(=O)CC[C@H](N)C(=O)N1. The summed E-state index contributed by atoms with van der Waals surface area (Å²) in [5, 5.41) is 30.0. The molecular formula is C18H34N6O6. The lowest BCUT2D eigenvalue weighted by Gasteiger charge is -2.26. The van der Waals surface area contributed by atoms with Crippen LogP contribution in [0.1, 0.15) is 39.0 Å². The van der Waals surface area contributed by atoms with Crippen LogP contribution < -0.4 is 32.7 Å². The Morgan fingerprint density at radius 2 is 1.87 bits per heavy atom. The highest BCUT2D eigenvalue weighted by Gasteiger charge is 2.27. The second-order valence-electron chi connectivity index (χ2n) is 7.45. The van der Waals surface area contributed by atoms with Crippen molar-refractivity contribution in [1.29, 1.82) is 0 Å². The van der Waals surface area contributed by atoms with Gasteiger partial charge in [0, 0.05) is 19.5 Å². The lowest BCUT2D eigenvalue weighted by Crippen LogP contribution is -2.58. The van der Waals surface area contributed by atoms with Gasteiger partial charge in [0.05, 0.1) is 24.8 Å². The molecule has 12 nitrogen and oxygen atoms in total. The molecule has 0 bridgehead atoms. The first-order chi connectivity index (χ1) is 14.1. The maximum atomic E-state index is 12.4. The molecule has 0 aromatic heterocycles. The smallest absolute Gasteiger partial charge is 0.240 e. The van der Waals surface area contributed by atoms with Crippen LogP contribution in [0.15, 0.2) is 0 Å². The largest absolute Gasteiger partial charge is 0.394 e. The van der Waals surface area contributed by atoms with E-state index in [0.29, 0.717) is 19.4 Å². The number of aliphatic hydroxyl groups excluding tert-OH is 2. The van der Waals surface area contributed by atoms with Crippen LogP contribution >= 0.6 is 0 Å². The topological polar surface area (TPSA) is 209 Å². The molecule has 0 aromatic rings. The van der Waals surface area contributed by atoms with Crippen molar-refractivity contribution in [3.63, 3.8) is 0 Å². The molecule has 10 N–H and O–H groups in total. The Labute approximate surface area is 175 Å². The monoisotopic (exact) mass is 430 g/mol. The van der Waals surface area contributed by atoms with Crippen LogP contribution in [0.4, 0.5) is 0 Å². The zero-order valence-electron chi connectivity index (χ0n) is 17.2. The Morgan fingerprint density at radius 3 is 2.47 bits per heavy atom. The highest BCUT2D eigenvalue weighted by Crippen LogP contribution is 2.03. The van der Waals surface area contributed by atoms with Crippen LogP contribution in [0.3, 0.4) is 0 Å². The third-order valence-corrected chi connectivity index (χ3v) is 4.91. The minimum Gasteiger partial charge on any atom is -0.394 e. The van der Waals surface area contributed by atoms with Crippen molar-refractivity contribution in [2.75, 3.05) is 19.7 Å². The molecule has 30 heavy (non-hydrogen) atoms. The summed E-state index contributed by atoms with van der Waals surface area (Å²) in [7, 11) is 0. The van der Waals surface area contributed by atoms with Crippen LogP contribution in [0.25, 0.3) is 0 Å². The molecule has 1 fully saturated rings. The summed E-state index contributed by atoms with van der Waals surface area (Å²) in [5.74, 6) is -2.14. The number of carbonyl (C=O) groups excluding carboxylic acids is 4. The van der Waals surface area contributed by atoms with Gasteiger partial charge in [0.1, 0.15) is 12.1 Å². The molecule has 1 aliphatic heterocycles. The Hall–Kier alpha value is -2.28. The molecule has 0 saturated carbocycles. The average molecular weight is 431 g/mol. The zero-order chi connectivity index (χ0) is 22.7. The van der Waals surface area contributed by atoms with E-state index in [0.717, 1.165) is 0 Å². The van der Waals surface area contributed by atoms with Crippen molar-refractivity contribution >= 4 is 23.6 Å². The number of aliphatic hydroxyl groups is 2. The predicted octanol–water partition coefficient (Wildman–Crippen LogP) is -3.82. The summed E-state index contributed by atoms with van der Waals surface area (Å²) in [4.78, 5) is 48.2. The number of hydrogen-bond donors (Lipinski definition) is 8. The highest BCUT2D eigenvalue weighted by molar-refractivity contribution is 5.89. The number of primary amides is 1. The maximum absolute atomic E-state index is 12.4. The maximum Gasteiger partial charge on any atom is 0.240 e. The molecule has 1 heterocycles. The van der Waals surface area contributed by atoms with Crippen molar-refractivity contribution in [3.8, 4) is 0 Å². The van der Waals surface area contributed by atoms with Crippen LogP contribution in [0.5, 0.6) is 0 Å². The molecule has 0 radical (unpaired) electrons. The van der Waals surface area contributed by atoms with E-state index in [-0.39, 0.29) is 31.7 Å². The van der Waals surface area contributed by atoms with E-state index >= 15 is 0 Å². The molecular weight excluding hydrogens is 396 g/mol. The number of rotatable bonds is 3. The molecule has 0 spiro atoms. The van der Waals surface area contributed by atoms with Gasteiger partial charge in [0.2, 0.25) is 23.6 Å². The minimum atomic E-state index is -1.07. The summed E-state index contributed by atoms with van der Waals surface area (Å²) >= 11 is 0. The van der Waals surface area contributed by atoms with E-state index in [1.807, 2.05) is 0 Å². The molecule has 1 unspecified atom stereocenters. The van der Waals surface area contributed by atoms with Gasteiger partial charge >= 0.3 is 0 Å². The Morgan fingerprint density at radius 1 is 1.17 bits per heavy atom. The molecule has 0 aromatic carbocycles. The Bertz CT molecular complexity index is 602. The third kappa shape index (κ3) is 9.03. The van der Waals surface area contributed by atoms with Crippen molar-refractivity contribution in [2.45, 2.75) is 69.3 Å². The number of nitrogens with one attached hydrogen (secondary N) is 4. The van der Waals surface area contributed by atoms with Crippen molar-refractivity contribution in [3.05, 3.63) is 0 Å². The van der Waals surface area contributed by atoms with E-state index in [4.69, 9.17) is 11.5 Å². The first-order valence-electron chi connectivity index (χ1n) is 10.1. The second-order valence-corrected chi connectivity index (χ2v) is 7.45. The Balaban J connectivity index is 2.92. The highest BCUT2D eigenvalue weighted by atomic mass is 16.3. The van der Waals surface area contributed by atoms with E-state index in [1.54, 1.807) is 0 Å². The van der Waals surface area contributed by atoms with Crippen molar-refractivity contribution in [2.24, 2.45) is 11.5 Å². The zero-order valence-corrected chi connectivity index (χ0v) is 17.2. The quantitative estimate of drug-likeness (QED) is 0.222. The summed E-state index contributed by atoms with van der Waals surface area (Å²) in [6.45, 7) is 1.21. The van der Waals surface area contributed by atoms with E-state index < -0.39 is 54.6 Å². The van der Waals surface area contributed by atoms with Gasteiger partial charge in [-0.3, -0.25) is 19.2 Å². The fourth-order valence-electron chi connectivity index (χ4n) is 2.91. The van der Waals surface area contributed by atoms with Crippen LogP contribution in [-0.4, -0.2) is 83.8 Å². The number of hydrogen-bond acceptors (Lipinski definition) is 8. The molecule has 1 aliphatic rings. The van der Waals surface area contributed by atoms with Crippen LogP contribution in [0, 0.1) is 0 Å². The fraction of sp³-hybridized carbons (Fsp3) is 0.778. The summed E-state index contributed by atoms with van der Waals surface area (Å²) < 4.78 is 0. The van der Waals surface area contributed by atoms with Gasteiger partial charge in [-0.2, -0.15) is 0 Å². The fourth-order valence-corrected chi connectivity index (χ4v) is 2.91. The summed E-state index contributed by atoms with van der Waals surface area (Å²) in [5.41, 5.74) is 11.2. The third-order valence-electron chi connectivity index (χ3n) is 4.91. The first kappa shape index (κ1) is 25.8. The number of nitrogens with two attached hydrogens (primary N) is 2. The number of carbonyl (C=O) groups is 4. The van der Waals surface area contributed by atoms with E-state index in [9.17, 15) is 29.4 Å².